The smallest absolute Gasteiger partial charge is 0.242 e. The Morgan fingerprint density at radius 3 is 2.37 bits per heavy atom. The zero-order valence-electron chi connectivity index (χ0n) is 16.3. The van der Waals surface area contributed by atoms with Crippen LogP contribution in [0.15, 0.2) is 54.6 Å². The number of amides is 2. The van der Waals surface area contributed by atoms with Crippen LogP contribution in [-0.4, -0.2) is 35.6 Å². The van der Waals surface area contributed by atoms with Gasteiger partial charge < -0.3 is 10.2 Å². The molecule has 0 aliphatic rings. The molecule has 27 heavy (non-hydrogen) atoms. The highest BCUT2D eigenvalue weighted by molar-refractivity contribution is 7.99. The molecule has 0 saturated heterocycles. The molecular formula is C22H28N2O2S. The summed E-state index contributed by atoms with van der Waals surface area (Å²) in [6.07, 6.45) is 0.584. The first-order valence-electron chi connectivity index (χ1n) is 9.24. The lowest BCUT2D eigenvalue weighted by Gasteiger charge is -2.30. The Morgan fingerprint density at radius 1 is 1.07 bits per heavy atom. The third kappa shape index (κ3) is 6.14. The van der Waals surface area contributed by atoms with Gasteiger partial charge >= 0.3 is 0 Å². The van der Waals surface area contributed by atoms with Gasteiger partial charge in [-0.15, -0.1) is 11.8 Å². The van der Waals surface area contributed by atoms with E-state index < -0.39 is 6.04 Å². The van der Waals surface area contributed by atoms with Crippen molar-refractivity contribution in [3.63, 3.8) is 0 Å². The predicted octanol–water partition coefficient (Wildman–Crippen LogP) is 3.78. The number of hydrogen-bond donors (Lipinski definition) is 1. The van der Waals surface area contributed by atoms with Crippen LogP contribution < -0.4 is 5.32 Å². The monoisotopic (exact) mass is 384 g/mol. The molecule has 2 amide bonds. The summed E-state index contributed by atoms with van der Waals surface area (Å²) in [5, 5.41) is 2.69. The van der Waals surface area contributed by atoms with E-state index in [0.717, 1.165) is 11.3 Å². The van der Waals surface area contributed by atoms with E-state index >= 15 is 0 Å². The molecule has 2 aromatic carbocycles. The van der Waals surface area contributed by atoms with Crippen molar-refractivity contribution < 1.29 is 9.59 Å². The summed E-state index contributed by atoms with van der Waals surface area (Å²) in [6.45, 7) is 4.46. The van der Waals surface area contributed by atoms with E-state index in [4.69, 9.17) is 0 Å². The summed E-state index contributed by atoms with van der Waals surface area (Å²) < 4.78 is 0. The lowest BCUT2D eigenvalue weighted by molar-refractivity contribution is -0.139. The van der Waals surface area contributed by atoms with Crippen molar-refractivity contribution in [1.82, 2.24) is 10.2 Å². The van der Waals surface area contributed by atoms with Gasteiger partial charge in [0.2, 0.25) is 11.8 Å². The first-order valence-corrected chi connectivity index (χ1v) is 10.4. The van der Waals surface area contributed by atoms with Crippen LogP contribution >= 0.6 is 11.8 Å². The molecular weight excluding hydrogens is 356 g/mol. The SMILES string of the molecule is CCC(C(=O)NC)N(Cc1ccccc1)C(=O)CSCc1ccccc1C. The number of hydrogen-bond acceptors (Lipinski definition) is 3. The summed E-state index contributed by atoms with van der Waals surface area (Å²) in [5.41, 5.74) is 3.50. The highest BCUT2D eigenvalue weighted by atomic mass is 32.2. The molecule has 2 aromatic rings. The minimum Gasteiger partial charge on any atom is -0.357 e. The van der Waals surface area contributed by atoms with Gasteiger partial charge in [-0.1, -0.05) is 61.5 Å². The van der Waals surface area contributed by atoms with Crippen LogP contribution in [0.25, 0.3) is 0 Å². The number of likely N-dealkylation sites (N-methyl/N-ethyl adjacent to an activating group) is 1. The van der Waals surface area contributed by atoms with E-state index in [2.05, 4.69) is 24.4 Å². The van der Waals surface area contributed by atoms with Crippen molar-refractivity contribution in [3.8, 4) is 0 Å². The van der Waals surface area contributed by atoms with Gasteiger partial charge in [0, 0.05) is 19.3 Å². The Kier molecular flexibility index (Phi) is 8.40. The third-order valence-corrected chi connectivity index (χ3v) is 5.54. The normalized spacial score (nSPS) is 11.7. The molecule has 1 unspecified atom stereocenters. The Balaban J connectivity index is 2.07. The van der Waals surface area contributed by atoms with Gasteiger partial charge in [-0.05, 0) is 30.0 Å². The number of rotatable bonds is 9. The fourth-order valence-corrected chi connectivity index (χ4v) is 3.96. The molecule has 0 bridgehead atoms. The van der Waals surface area contributed by atoms with Gasteiger partial charge in [-0.2, -0.15) is 0 Å². The molecule has 144 valence electrons. The molecule has 0 aromatic heterocycles. The quantitative estimate of drug-likeness (QED) is 0.716. The maximum atomic E-state index is 13.0. The van der Waals surface area contributed by atoms with Crippen molar-refractivity contribution >= 4 is 23.6 Å². The highest BCUT2D eigenvalue weighted by Gasteiger charge is 2.27. The van der Waals surface area contributed by atoms with Gasteiger partial charge in [-0.25, -0.2) is 0 Å². The molecule has 0 spiro atoms. The molecule has 2 rings (SSSR count). The van der Waals surface area contributed by atoms with E-state index in [-0.39, 0.29) is 11.8 Å². The lowest BCUT2D eigenvalue weighted by Crippen LogP contribution is -2.48. The molecule has 0 fully saturated rings. The van der Waals surface area contributed by atoms with Gasteiger partial charge in [0.15, 0.2) is 0 Å². The average molecular weight is 385 g/mol. The van der Waals surface area contributed by atoms with Crippen LogP contribution in [0, 0.1) is 6.92 Å². The fourth-order valence-electron chi connectivity index (χ4n) is 2.97. The first-order chi connectivity index (χ1) is 13.1. The van der Waals surface area contributed by atoms with Crippen molar-refractivity contribution in [3.05, 3.63) is 71.3 Å². The van der Waals surface area contributed by atoms with E-state index in [1.165, 1.54) is 11.1 Å². The molecule has 4 nitrogen and oxygen atoms in total. The number of aryl methyl sites for hydroxylation is 1. The topological polar surface area (TPSA) is 49.4 Å². The van der Waals surface area contributed by atoms with Crippen molar-refractivity contribution in [2.24, 2.45) is 0 Å². The molecule has 0 heterocycles. The lowest BCUT2D eigenvalue weighted by atomic mass is 10.1. The second-order valence-corrected chi connectivity index (χ2v) is 7.45. The van der Waals surface area contributed by atoms with Crippen LogP contribution in [-0.2, 0) is 21.9 Å². The molecule has 0 aliphatic carbocycles. The second kappa shape index (κ2) is 10.8. The first kappa shape index (κ1) is 21.0. The summed E-state index contributed by atoms with van der Waals surface area (Å²) in [6, 6.07) is 17.6. The van der Waals surface area contributed by atoms with E-state index in [0.29, 0.717) is 18.7 Å². The summed E-state index contributed by atoms with van der Waals surface area (Å²) in [5.74, 6) is 1.02. The van der Waals surface area contributed by atoms with Crippen LogP contribution in [0.3, 0.4) is 0 Å². The second-order valence-electron chi connectivity index (χ2n) is 6.46. The maximum Gasteiger partial charge on any atom is 0.242 e. The largest absolute Gasteiger partial charge is 0.357 e. The Labute approximate surface area is 166 Å². The van der Waals surface area contributed by atoms with E-state index in [9.17, 15) is 9.59 Å². The fraction of sp³-hybridized carbons (Fsp3) is 0.364. The maximum absolute atomic E-state index is 13.0. The number of nitrogens with one attached hydrogen (secondary N) is 1. The van der Waals surface area contributed by atoms with E-state index in [1.54, 1.807) is 23.7 Å². The molecule has 0 saturated carbocycles. The van der Waals surface area contributed by atoms with Gasteiger partial charge in [0.05, 0.1) is 5.75 Å². The minimum absolute atomic E-state index is 0.00659. The van der Waals surface area contributed by atoms with Gasteiger partial charge in [-0.3, -0.25) is 9.59 Å². The van der Waals surface area contributed by atoms with Crippen molar-refractivity contribution in [1.29, 1.82) is 0 Å². The zero-order chi connectivity index (χ0) is 19.6. The third-order valence-electron chi connectivity index (χ3n) is 4.57. The zero-order valence-corrected chi connectivity index (χ0v) is 17.1. The highest BCUT2D eigenvalue weighted by Crippen LogP contribution is 2.19. The Bertz CT molecular complexity index is 749. The molecule has 0 radical (unpaired) electrons. The van der Waals surface area contributed by atoms with Crippen LogP contribution in [0.5, 0.6) is 0 Å². The molecule has 1 atom stereocenters. The molecule has 1 N–H and O–H groups in total. The minimum atomic E-state index is -0.457. The van der Waals surface area contributed by atoms with Crippen LogP contribution in [0.1, 0.15) is 30.0 Å². The van der Waals surface area contributed by atoms with E-state index in [1.807, 2.05) is 49.4 Å². The Hall–Kier alpha value is -2.27. The van der Waals surface area contributed by atoms with Crippen molar-refractivity contribution in [2.75, 3.05) is 12.8 Å². The summed E-state index contributed by atoms with van der Waals surface area (Å²) in [7, 11) is 1.61. The predicted molar refractivity (Wildman–Crippen MR) is 112 cm³/mol. The number of carbonyl (C=O) groups excluding carboxylic acids is 2. The summed E-state index contributed by atoms with van der Waals surface area (Å²) in [4.78, 5) is 27.0. The molecule has 5 heteroatoms. The number of thioether (sulfide) groups is 1. The number of carbonyl (C=O) groups is 2. The molecule has 0 aliphatic heterocycles. The summed E-state index contributed by atoms with van der Waals surface area (Å²) >= 11 is 1.59. The number of nitrogens with zero attached hydrogens (tertiary/aromatic N) is 1. The van der Waals surface area contributed by atoms with Gasteiger partial charge in [0.1, 0.15) is 6.04 Å². The Morgan fingerprint density at radius 2 is 1.74 bits per heavy atom. The number of benzene rings is 2. The van der Waals surface area contributed by atoms with Gasteiger partial charge in [0.25, 0.3) is 0 Å². The van der Waals surface area contributed by atoms with Crippen LogP contribution in [0.2, 0.25) is 0 Å². The van der Waals surface area contributed by atoms with Crippen molar-refractivity contribution in [2.45, 2.75) is 38.6 Å². The standard InChI is InChI=1S/C22H28N2O2S/c1-4-20(22(26)23-3)24(14-18-11-6-5-7-12-18)21(25)16-27-15-19-13-9-8-10-17(19)2/h5-13,20H,4,14-16H2,1-3H3,(H,23,26). The average Bonchev–Trinajstić information content (AvgIpc) is 2.69. The van der Waals surface area contributed by atoms with Crippen LogP contribution in [0.4, 0.5) is 0 Å².